The van der Waals surface area contributed by atoms with Crippen LogP contribution in [-0.2, 0) is 43.2 Å². The minimum Gasteiger partial charge on any atom is -0.543 e. The zero-order chi connectivity index (χ0) is 52.1. The summed E-state index contributed by atoms with van der Waals surface area (Å²) in [6.45, 7) is 32.5. The van der Waals surface area contributed by atoms with E-state index in [4.69, 9.17) is 23.6 Å². The van der Waals surface area contributed by atoms with Crippen LogP contribution in [0, 0.1) is 10.8 Å². The van der Waals surface area contributed by atoms with Gasteiger partial charge in [-0.3, -0.25) is 19.6 Å². The smallest absolute Gasteiger partial charge is 0.408 e. The molecule has 72 heavy (non-hydrogen) atoms. The number of aryl methyl sites for hydroxylation is 1. The normalized spacial score (nSPS) is 21.0. The van der Waals surface area contributed by atoms with Gasteiger partial charge in [0.1, 0.15) is 23.4 Å². The van der Waals surface area contributed by atoms with E-state index in [-0.39, 0.29) is 36.4 Å². The quantitative estimate of drug-likeness (QED) is 0.0974. The van der Waals surface area contributed by atoms with Crippen molar-refractivity contribution >= 4 is 42.9 Å². The number of fused-ring (bicyclic) bond motifs is 7. The Morgan fingerprint density at radius 2 is 1.62 bits per heavy atom. The molecule has 0 radical (unpaired) electrons. The molecule has 3 N–H and O–H groups in total. The highest BCUT2D eigenvalue weighted by molar-refractivity contribution is 6.78. The van der Waals surface area contributed by atoms with Crippen molar-refractivity contribution in [2.24, 2.45) is 10.8 Å². The molecule has 4 aromatic rings. The van der Waals surface area contributed by atoms with Gasteiger partial charge < -0.3 is 38.7 Å². The van der Waals surface area contributed by atoms with Crippen LogP contribution in [0.3, 0.4) is 0 Å². The highest BCUT2D eigenvalue weighted by Gasteiger charge is 2.57. The predicted octanol–water partition coefficient (Wildman–Crippen LogP) is 10.5. The molecular weight excluding hydrogens is 923 g/mol. The summed E-state index contributed by atoms with van der Waals surface area (Å²) in [5, 5.41) is 9.09. The van der Waals surface area contributed by atoms with E-state index in [1.54, 1.807) is 27.9 Å². The summed E-state index contributed by atoms with van der Waals surface area (Å²) >= 11 is 0. The minimum atomic E-state index is -2.48. The number of cyclic esters (lactones) is 1. The van der Waals surface area contributed by atoms with Crippen LogP contribution in [0.4, 0.5) is 10.5 Å². The maximum atomic E-state index is 15.0. The van der Waals surface area contributed by atoms with Gasteiger partial charge in [-0.15, -0.1) is 0 Å². The van der Waals surface area contributed by atoms with E-state index in [1.165, 1.54) is 5.01 Å². The fourth-order valence-electron chi connectivity index (χ4n) is 12.1. The van der Waals surface area contributed by atoms with Crippen molar-refractivity contribution in [3.63, 3.8) is 0 Å². The van der Waals surface area contributed by atoms with Crippen LogP contribution in [0.25, 0.3) is 33.3 Å². The van der Waals surface area contributed by atoms with E-state index >= 15 is 0 Å². The SMILES string of the molecule is CCn1c(-c2cc(N3CCNCC3)cnc2[C@H](C)OC)c2c3cc(ccc31)-c1cc(cc(O[Si](C(C)C)(C(C)C)C(C)C)c1)C[C@H](NC(=O)OC(C)(C)C)C(=O)N1CCC3(CC3)C(N1)C(=O)OCC(C)(C)C2. The first-order valence-electron chi connectivity index (χ1n) is 26.7. The lowest BCUT2D eigenvalue weighted by Gasteiger charge is -2.42. The Morgan fingerprint density at radius 1 is 0.931 bits per heavy atom. The number of nitrogens with zero attached hydrogens (tertiary/aromatic N) is 4. The van der Waals surface area contributed by atoms with Crippen molar-refractivity contribution in [2.75, 3.05) is 51.3 Å². The molecule has 3 fully saturated rings. The zero-order valence-corrected chi connectivity index (χ0v) is 46.7. The average molecular weight is 1010 g/mol. The van der Waals surface area contributed by atoms with Gasteiger partial charge in [0.15, 0.2) is 0 Å². The lowest BCUT2D eigenvalue weighted by Crippen LogP contribution is -2.63. The molecule has 15 heteroatoms. The zero-order valence-electron chi connectivity index (χ0n) is 45.7. The number of carbonyl (C=O) groups excluding carboxylic acids is 3. The molecule has 392 valence electrons. The first-order valence-corrected chi connectivity index (χ1v) is 28.8. The lowest BCUT2D eigenvalue weighted by molar-refractivity contribution is -0.158. The van der Waals surface area contributed by atoms with E-state index in [0.717, 1.165) is 101 Å². The first kappa shape index (κ1) is 53.3. The summed E-state index contributed by atoms with van der Waals surface area (Å²) in [7, 11) is -0.748. The number of nitrogens with one attached hydrogen (secondary N) is 3. The van der Waals surface area contributed by atoms with Gasteiger partial charge in [-0.25, -0.2) is 10.2 Å². The third kappa shape index (κ3) is 10.8. The average Bonchev–Trinajstić information content (AvgIpc) is 4.04. The summed E-state index contributed by atoms with van der Waals surface area (Å²) in [4.78, 5) is 50.8. The number of hydrogen-bond donors (Lipinski definition) is 3. The maximum absolute atomic E-state index is 15.0. The first-order chi connectivity index (χ1) is 34.0. The van der Waals surface area contributed by atoms with Crippen molar-refractivity contribution < 1.29 is 33.0 Å². The number of methoxy groups -OCH3 is 1. The van der Waals surface area contributed by atoms with Crippen LogP contribution in [-0.4, -0.2) is 105 Å². The second kappa shape index (κ2) is 20.7. The molecule has 1 aliphatic carbocycles. The van der Waals surface area contributed by atoms with Gasteiger partial charge in [-0.2, -0.15) is 0 Å². The number of benzene rings is 2. The number of pyridine rings is 1. The Morgan fingerprint density at radius 3 is 2.25 bits per heavy atom. The topological polar surface area (TPSA) is 149 Å². The Kier molecular flexibility index (Phi) is 15.4. The van der Waals surface area contributed by atoms with Crippen LogP contribution in [0.15, 0.2) is 48.7 Å². The number of hydrazine groups is 1. The van der Waals surface area contributed by atoms with E-state index < -0.39 is 37.5 Å². The van der Waals surface area contributed by atoms with Crippen molar-refractivity contribution in [3.8, 4) is 28.1 Å². The van der Waals surface area contributed by atoms with E-state index in [9.17, 15) is 14.4 Å². The molecule has 3 atom stereocenters. The number of alkyl carbamates (subject to hydrolysis) is 1. The number of amides is 2. The fraction of sp³-hybridized carbons (Fsp3) is 0.614. The molecule has 3 aliphatic heterocycles. The molecule has 2 amide bonds. The van der Waals surface area contributed by atoms with Crippen molar-refractivity contribution in [1.29, 1.82) is 0 Å². The van der Waals surface area contributed by atoms with Crippen molar-refractivity contribution in [3.05, 3.63) is 65.5 Å². The van der Waals surface area contributed by atoms with Gasteiger partial charge in [0.25, 0.3) is 14.2 Å². The van der Waals surface area contributed by atoms with E-state index in [0.29, 0.717) is 42.6 Å². The third-order valence-electron chi connectivity index (χ3n) is 16.0. The molecule has 8 rings (SSSR count). The van der Waals surface area contributed by atoms with Gasteiger partial charge in [-0.05, 0) is 135 Å². The highest BCUT2D eigenvalue weighted by atomic mass is 28.4. The second-order valence-corrected chi connectivity index (χ2v) is 29.2. The second-order valence-electron chi connectivity index (χ2n) is 23.8. The minimum absolute atomic E-state index is 0.148. The van der Waals surface area contributed by atoms with Gasteiger partial charge >= 0.3 is 12.1 Å². The number of anilines is 1. The number of hydrogen-bond acceptors (Lipinski definition) is 11. The summed E-state index contributed by atoms with van der Waals surface area (Å²) < 4.78 is 28.1. The molecule has 2 saturated heterocycles. The van der Waals surface area contributed by atoms with Gasteiger partial charge in [-0.1, -0.05) is 67.5 Å². The molecule has 5 heterocycles. The van der Waals surface area contributed by atoms with Gasteiger partial charge in [0.05, 0.1) is 36.0 Å². The Balaban J connectivity index is 1.38. The molecule has 1 saturated carbocycles. The molecule has 14 nitrogen and oxygen atoms in total. The Bertz CT molecular complexity index is 2620. The van der Waals surface area contributed by atoms with Gasteiger partial charge in [0.2, 0.25) is 0 Å². The summed E-state index contributed by atoms with van der Waals surface area (Å²) in [5.41, 5.74) is 11.7. The van der Waals surface area contributed by atoms with Crippen LogP contribution in [0.5, 0.6) is 5.75 Å². The number of ether oxygens (including phenoxy) is 3. The van der Waals surface area contributed by atoms with Gasteiger partial charge in [0, 0.05) is 74.7 Å². The Hall–Kier alpha value is -4.96. The monoisotopic (exact) mass is 1010 g/mol. The molecule has 1 spiro atoms. The summed E-state index contributed by atoms with van der Waals surface area (Å²) in [6.07, 6.45) is 4.11. The number of aromatic nitrogens is 2. The van der Waals surface area contributed by atoms with Crippen molar-refractivity contribution in [1.82, 2.24) is 30.6 Å². The number of piperazine rings is 1. The summed E-state index contributed by atoms with van der Waals surface area (Å²) in [5.74, 6) is 0.0250. The lowest BCUT2D eigenvalue weighted by atomic mass is 9.83. The van der Waals surface area contributed by atoms with Crippen LogP contribution in [0.2, 0.25) is 16.6 Å². The third-order valence-corrected chi connectivity index (χ3v) is 22.0. The standard InChI is InChI=1S/C57H83N7O7Si/c1-15-63-48-17-16-40-30-44(48)46(50(63)45-31-42(62-24-21-58-22-25-62)33-59-49(45)38(8)68-14)32-56(12,13)34-69-53(66)51-57(18-19-57)20-23-64(61-51)52(65)47(60-54(67)70-55(9,10)11)28-39-26-41(40)29-43(27-39)71-72(35(2)3,36(4)5)37(6)7/h16-17,26-27,29-31,33,35-38,47,51,58,61H,15,18-25,28,32,34H2,1-14H3,(H,60,67)/t38-,47-,51?/m0/s1. The largest absolute Gasteiger partial charge is 0.543 e. The fourth-order valence-corrected chi connectivity index (χ4v) is 17.4. The molecule has 1 unspecified atom stereocenters. The number of esters is 1. The van der Waals surface area contributed by atoms with Crippen LogP contribution >= 0.6 is 0 Å². The number of rotatable bonds is 11. The van der Waals surface area contributed by atoms with Crippen molar-refractivity contribution in [2.45, 2.75) is 169 Å². The van der Waals surface area contributed by atoms with E-state index in [2.05, 4.69) is 137 Å². The highest BCUT2D eigenvalue weighted by Crippen LogP contribution is 2.54. The van der Waals surface area contributed by atoms with Crippen LogP contribution < -0.4 is 25.4 Å². The predicted molar refractivity (Wildman–Crippen MR) is 289 cm³/mol. The molecule has 6 bridgehead atoms. The molecular formula is C57H83N7O7Si. The summed E-state index contributed by atoms with van der Waals surface area (Å²) in [6, 6.07) is 13.6. The van der Waals surface area contributed by atoms with E-state index in [1.807, 2.05) is 6.20 Å². The van der Waals surface area contributed by atoms with Crippen LogP contribution in [0.1, 0.15) is 132 Å². The molecule has 2 aromatic heterocycles. The maximum Gasteiger partial charge on any atom is 0.408 e. The molecule has 4 aliphatic rings. The number of carbonyl (C=O) groups is 3. The Labute approximate surface area is 429 Å². The molecule has 2 aromatic carbocycles.